The molecule has 1 N–H and O–H groups in total. The Morgan fingerprint density at radius 3 is 2.08 bits per heavy atom. The zero-order valence-corrected chi connectivity index (χ0v) is 8.72. The van der Waals surface area contributed by atoms with Crippen LogP contribution in [0.5, 0.6) is 0 Å². The van der Waals surface area contributed by atoms with Crippen LogP contribution in [0.4, 0.5) is 0 Å². The van der Waals surface area contributed by atoms with E-state index in [1.54, 1.807) is 0 Å². The van der Waals surface area contributed by atoms with Gasteiger partial charge in [-0.2, -0.15) is 0 Å². The molecule has 2 unspecified atom stereocenters. The van der Waals surface area contributed by atoms with Gasteiger partial charge >= 0.3 is 0 Å². The van der Waals surface area contributed by atoms with E-state index in [9.17, 15) is 9.90 Å². The second-order valence-electron chi connectivity index (χ2n) is 4.44. The minimum absolute atomic E-state index is 0.0585. The van der Waals surface area contributed by atoms with E-state index < -0.39 is 11.5 Å². The Kier molecular flexibility index (Phi) is 3.91. The van der Waals surface area contributed by atoms with E-state index in [1.807, 2.05) is 34.6 Å². The van der Waals surface area contributed by atoms with Crippen LogP contribution in [-0.4, -0.2) is 17.0 Å². The maximum absolute atomic E-state index is 11.5. The average Bonchev–Trinajstić information content (AvgIpc) is 1.98. The summed E-state index contributed by atoms with van der Waals surface area (Å²) in [5.74, 6) is 0.00794. The monoisotopic (exact) mass is 172 g/mol. The Labute approximate surface area is 75.0 Å². The Morgan fingerprint density at radius 2 is 1.83 bits per heavy atom. The molecule has 0 rings (SSSR count). The lowest BCUT2D eigenvalue weighted by atomic mass is 9.83. The highest BCUT2D eigenvalue weighted by molar-refractivity contribution is 5.87. The number of hydrogen-bond donors (Lipinski definition) is 1. The molecule has 0 aromatic carbocycles. The summed E-state index contributed by atoms with van der Waals surface area (Å²) in [6, 6.07) is 0. The zero-order chi connectivity index (χ0) is 9.94. The third-order valence-electron chi connectivity index (χ3n) is 2.19. The molecule has 0 heterocycles. The van der Waals surface area contributed by atoms with Crippen molar-refractivity contribution in [2.24, 2.45) is 11.3 Å². The van der Waals surface area contributed by atoms with Crippen molar-refractivity contribution >= 4 is 5.78 Å². The van der Waals surface area contributed by atoms with Crippen LogP contribution in [0.2, 0.25) is 0 Å². The molecule has 0 saturated heterocycles. The molecule has 0 amide bonds. The van der Waals surface area contributed by atoms with Gasteiger partial charge in [0, 0.05) is 5.41 Å². The van der Waals surface area contributed by atoms with E-state index in [0.29, 0.717) is 0 Å². The molecule has 0 saturated carbocycles. The van der Waals surface area contributed by atoms with Gasteiger partial charge in [-0.1, -0.05) is 41.0 Å². The third kappa shape index (κ3) is 2.94. The van der Waals surface area contributed by atoms with Gasteiger partial charge in [-0.25, -0.2) is 0 Å². The lowest BCUT2D eigenvalue weighted by molar-refractivity contribution is -0.137. The highest BCUT2D eigenvalue weighted by Crippen LogP contribution is 2.21. The smallest absolute Gasteiger partial charge is 0.166 e. The zero-order valence-electron chi connectivity index (χ0n) is 8.72. The number of carbonyl (C=O) groups excluding carboxylic acids is 1. The van der Waals surface area contributed by atoms with Gasteiger partial charge in [-0.3, -0.25) is 4.79 Å². The largest absolute Gasteiger partial charge is 0.385 e. The van der Waals surface area contributed by atoms with Gasteiger partial charge in [0.1, 0.15) is 6.10 Å². The summed E-state index contributed by atoms with van der Waals surface area (Å²) in [7, 11) is 0. The van der Waals surface area contributed by atoms with Crippen LogP contribution in [0, 0.1) is 11.3 Å². The van der Waals surface area contributed by atoms with Crippen molar-refractivity contribution in [1.29, 1.82) is 0 Å². The molecule has 0 aromatic rings. The molecule has 72 valence electrons. The first kappa shape index (κ1) is 11.6. The first-order chi connectivity index (χ1) is 5.30. The minimum Gasteiger partial charge on any atom is -0.385 e. The van der Waals surface area contributed by atoms with Crippen molar-refractivity contribution in [1.82, 2.24) is 0 Å². The summed E-state index contributed by atoms with van der Waals surface area (Å²) >= 11 is 0. The summed E-state index contributed by atoms with van der Waals surface area (Å²) < 4.78 is 0. The van der Waals surface area contributed by atoms with E-state index in [0.717, 1.165) is 6.42 Å². The highest BCUT2D eigenvalue weighted by atomic mass is 16.3. The number of aliphatic hydroxyl groups is 1. The van der Waals surface area contributed by atoms with Gasteiger partial charge in [0.05, 0.1) is 0 Å². The fraction of sp³-hybridized carbons (Fsp3) is 0.900. The molecule has 0 aliphatic heterocycles. The van der Waals surface area contributed by atoms with E-state index in [-0.39, 0.29) is 11.7 Å². The van der Waals surface area contributed by atoms with Crippen LogP contribution in [0.3, 0.4) is 0 Å². The van der Waals surface area contributed by atoms with Crippen LogP contribution in [0.25, 0.3) is 0 Å². The van der Waals surface area contributed by atoms with Crippen LogP contribution in [0.15, 0.2) is 0 Å². The van der Waals surface area contributed by atoms with Crippen molar-refractivity contribution in [3.63, 3.8) is 0 Å². The average molecular weight is 172 g/mol. The van der Waals surface area contributed by atoms with Crippen molar-refractivity contribution in [3.05, 3.63) is 0 Å². The number of carbonyl (C=O) groups is 1. The van der Waals surface area contributed by atoms with Crippen molar-refractivity contribution in [2.75, 3.05) is 0 Å². The summed E-state index contributed by atoms with van der Waals surface area (Å²) in [4.78, 5) is 11.5. The molecule has 0 aliphatic rings. The van der Waals surface area contributed by atoms with Crippen molar-refractivity contribution in [2.45, 2.75) is 47.1 Å². The summed E-state index contributed by atoms with van der Waals surface area (Å²) in [6.45, 7) is 9.38. The minimum atomic E-state index is -0.796. The molecule has 0 spiro atoms. The van der Waals surface area contributed by atoms with Crippen molar-refractivity contribution in [3.8, 4) is 0 Å². The predicted octanol–water partition coefficient (Wildman–Crippen LogP) is 2.01. The fourth-order valence-electron chi connectivity index (χ4n) is 0.925. The first-order valence-corrected chi connectivity index (χ1v) is 4.53. The molecule has 0 radical (unpaired) electrons. The molecule has 0 bridgehead atoms. The van der Waals surface area contributed by atoms with Crippen LogP contribution >= 0.6 is 0 Å². The molecule has 2 heteroatoms. The van der Waals surface area contributed by atoms with Gasteiger partial charge in [0.25, 0.3) is 0 Å². The molecular weight excluding hydrogens is 152 g/mol. The van der Waals surface area contributed by atoms with Crippen LogP contribution < -0.4 is 0 Å². The lowest BCUT2D eigenvalue weighted by Gasteiger charge is -2.24. The van der Waals surface area contributed by atoms with E-state index in [1.165, 1.54) is 0 Å². The van der Waals surface area contributed by atoms with Gasteiger partial charge in [0.15, 0.2) is 5.78 Å². The van der Waals surface area contributed by atoms with Crippen LogP contribution in [-0.2, 0) is 4.79 Å². The third-order valence-corrected chi connectivity index (χ3v) is 2.19. The molecule has 0 fully saturated rings. The maximum Gasteiger partial charge on any atom is 0.166 e. The molecule has 12 heavy (non-hydrogen) atoms. The van der Waals surface area contributed by atoms with E-state index in [2.05, 4.69) is 0 Å². The molecule has 2 nitrogen and oxygen atoms in total. The SMILES string of the molecule is CCC(C)C(O)C(=O)C(C)(C)C. The normalized spacial score (nSPS) is 17.2. The summed E-state index contributed by atoms with van der Waals surface area (Å²) in [5.41, 5.74) is -0.428. The molecule has 2 atom stereocenters. The highest BCUT2D eigenvalue weighted by Gasteiger charge is 2.30. The van der Waals surface area contributed by atoms with Gasteiger partial charge < -0.3 is 5.11 Å². The second kappa shape index (κ2) is 4.04. The van der Waals surface area contributed by atoms with Gasteiger partial charge in [0.2, 0.25) is 0 Å². The second-order valence-corrected chi connectivity index (χ2v) is 4.44. The molecule has 0 aliphatic carbocycles. The topological polar surface area (TPSA) is 37.3 Å². The summed E-state index contributed by atoms with van der Waals surface area (Å²) in [6.07, 6.45) is 0.0400. The maximum atomic E-state index is 11.5. The Hall–Kier alpha value is -0.370. The van der Waals surface area contributed by atoms with E-state index >= 15 is 0 Å². The predicted molar refractivity (Wildman–Crippen MR) is 49.9 cm³/mol. The van der Waals surface area contributed by atoms with Crippen LogP contribution in [0.1, 0.15) is 41.0 Å². The number of hydrogen-bond acceptors (Lipinski definition) is 2. The quantitative estimate of drug-likeness (QED) is 0.707. The fourth-order valence-corrected chi connectivity index (χ4v) is 0.925. The number of rotatable bonds is 3. The van der Waals surface area contributed by atoms with E-state index in [4.69, 9.17) is 0 Å². The Bertz CT molecular complexity index is 156. The number of ketones is 1. The van der Waals surface area contributed by atoms with Gasteiger partial charge in [-0.05, 0) is 5.92 Å². The van der Waals surface area contributed by atoms with Gasteiger partial charge in [-0.15, -0.1) is 0 Å². The first-order valence-electron chi connectivity index (χ1n) is 4.53. The summed E-state index contributed by atoms with van der Waals surface area (Å²) in [5, 5.41) is 9.57. The molecule has 0 aromatic heterocycles. The van der Waals surface area contributed by atoms with Crippen molar-refractivity contribution < 1.29 is 9.90 Å². The molecular formula is C10H20O2. The number of aliphatic hydroxyl groups excluding tert-OH is 1. The number of Topliss-reactive ketones (excluding diaryl/α,β-unsaturated/α-hetero) is 1. The Morgan fingerprint density at radius 1 is 1.42 bits per heavy atom. The standard InChI is InChI=1S/C10H20O2/c1-6-7(2)8(11)9(12)10(3,4)5/h7-8,11H,6H2,1-5H3. The lowest BCUT2D eigenvalue weighted by Crippen LogP contribution is -2.36. The Balaban J connectivity index is 4.30.